The van der Waals surface area contributed by atoms with Crippen LogP contribution in [0.4, 0.5) is 0 Å². The molecule has 3 amide bonds. The highest BCUT2D eigenvalue weighted by Crippen LogP contribution is 2.11. The molecule has 17 heavy (non-hydrogen) atoms. The van der Waals surface area contributed by atoms with Gasteiger partial charge in [0.2, 0.25) is 5.91 Å². The van der Waals surface area contributed by atoms with E-state index in [1.54, 1.807) is 0 Å². The Morgan fingerprint density at radius 2 is 1.88 bits per heavy atom. The van der Waals surface area contributed by atoms with E-state index in [1.807, 2.05) is 0 Å². The molecular weight excluding hydrogens is 228 g/mol. The van der Waals surface area contributed by atoms with Crippen molar-refractivity contribution in [2.75, 3.05) is 13.2 Å². The molecule has 94 valence electrons. The molecule has 1 rings (SSSR count). The molecule has 1 aliphatic heterocycles. The average Bonchev–Trinajstić information content (AvgIpc) is 2.55. The summed E-state index contributed by atoms with van der Waals surface area (Å²) in [5, 5.41) is 3.09. The van der Waals surface area contributed by atoms with Crippen molar-refractivity contribution in [1.82, 2.24) is 10.4 Å². The quantitative estimate of drug-likeness (QED) is 0.613. The van der Waals surface area contributed by atoms with Crippen LogP contribution in [0.15, 0.2) is 0 Å². The monoisotopic (exact) mass is 242 g/mol. The fraction of sp³-hybridized carbons (Fsp3) is 0.600. The molecule has 0 spiro atoms. The number of rotatable bonds is 6. The van der Waals surface area contributed by atoms with Gasteiger partial charge in [0.25, 0.3) is 11.8 Å². The van der Waals surface area contributed by atoms with E-state index in [0.717, 1.165) is 0 Å². The van der Waals surface area contributed by atoms with Gasteiger partial charge in [-0.2, -0.15) is 5.06 Å². The van der Waals surface area contributed by atoms with Crippen LogP contribution in [0.1, 0.15) is 26.2 Å². The number of amides is 3. The molecule has 0 saturated carbocycles. The van der Waals surface area contributed by atoms with Crippen LogP contribution in [0.2, 0.25) is 0 Å². The smallest absolute Gasteiger partial charge is 0.254 e. The highest BCUT2D eigenvalue weighted by atomic mass is 16.7. The third-order valence-electron chi connectivity index (χ3n) is 2.14. The zero-order valence-corrected chi connectivity index (χ0v) is 9.52. The lowest BCUT2D eigenvalue weighted by molar-refractivity contribution is -0.188. The molecule has 1 aliphatic rings. The second kappa shape index (κ2) is 6.09. The number of hydrogen-bond acceptors (Lipinski definition) is 5. The Hall–Kier alpha value is -1.76. The van der Waals surface area contributed by atoms with Crippen LogP contribution in [0.3, 0.4) is 0 Å². The van der Waals surface area contributed by atoms with E-state index in [2.05, 4.69) is 5.32 Å². The lowest BCUT2D eigenvalue weighted by Gasteiger charge is -2.12. The van der Waals surface area contributed by atoms with Crippen LogP contribution in [-0.4, -0.2) is 41.7 Å². The van der Waals surface area contributed by atoms with Crippen molar-refractivity contribution in [2.24, 2.45) is 0 Å². The molecule has 0 radical (unpaired) electrons. The zero-order valence-electron chi connectivity index (χ0n) is 9.52. The normalized spacial score (nSPS) is 15.2. The summed E-state index contributed by atoms with van der Waals surface area (Å²) in [7, 11) is 0. The van der Waals surface area contributed by atoms with Crippen LogP contribution in [0.25, 0.3) is 0 Å². The summed E-state index contributed by atoms with van der Waals surface area (Å²) >= 11 is 0. The van der Waals surface area contributed by atoms with E-state index in [1.165, 1.54) is 6.92 Å². The highest BCUT2D eigenvalue weighted by molar-refractivity contribution is 6.00. The van der Waals surface area contributed by atoms with Crippen molar-refractivity contribution >= 4 is 23.5 Å². The Kier molecular flexibility index (Phi) is 4.77. The minimum Gasteiger partial charge on any atom is -0.356 e. The fourth-order valence-corrected chi connectivity index (χ4v) is 1.29. The Balaban J connectivity index is 2.21. The Morgan fingerprint density at radius 3 is 2.41 bits per heavy atom. The number of nitrogens with one attached hydrogen (secondary N) is 1. The van der Waals surface area contributed by atoms with Gasteiger partial charge in [-0.25, -0.2) is 0 Å². The van der Waals surface area contributed by atoms with Crippen molar-refractivity contribution < 1.29 is 24.0 Å². The van der Waals surface area contributed by atoms with Crippen LogP contribution in [-0.2, 0) is 24.0 Å². The number of imide groups is 1. The largest absolute Gasteiger partial charge is 0.356 e. The number of hydroxylamine groups is 2. The van der Waals surface area contributed by atoms with Crippen molar-refractivity contribution in [2.45, 2.75) is 26.2 Å². The van der Waals surface area contributed by atoms with Gasteiger partial charge in [0.15, 0.2) is 5.78 Å². The average molecular weight is 242 g/mol. The van der Waals surface area contributed by atoms with Gasteiger partial charge >= 0.3 is 0 Å². The highest BCUT2D eigenvalue weighted by Gasteiger charge is 2.30. The summed E-state index contributed by atoms with van der Waals surface area (Å²) in [6, 6.07) is 0. The van der Waals surface area contributed by atoms with Crippen LogP contribution >= 0.6 is 0 Å². The first-order valence-corrected chi connectivity index (χ1v) is 5.25. The summed E-state index contributed by atoms with van der Waals surface area (Å²) in [5.74, 6) is -1.36. The van der Waals surface area contributed by atoms with Gasteiger partial charge < -0.3 is 5.32 Å². The first-order chi connectivity index (χ1) is 8.00. The minimum absolute atomic E-state index is 0.107. The van der Waals surface area contributed by atoms with Crippen molar-refractivity contribution in [3.63, 3.8) is 0 Å². The SMILES string of the molecule is CC(=O)NCCC(=O)CON1C(=O)CCC1=O. The third kappa shape index (κ3) is 4.31. The van der Waals surface area contributed by atoms with Gasteiger partial charge in [-0.3, -0.25) is 24.0 Å². The maximum absolute atomic E-state index is 11.3. The molecule has 0 atom stereocenters. The molecular formula is C10H14N2O5. The number of hydrogen-bond donors (Lipinski definition) is 1. The summed E-state index contributed by atoms with van der Waals surface area (Å²) in [6.45, 7) is 1.24. The second-order valence-electron chi connectivity index (χ2n) is 3.63. The van der Waals surface area contributed by atoms with Gasteiger partial charge in [0, 0.05) is 32.7 Å². The Morgan fingerprint density at radius 1 is 1.29 bits per heavy atom. The van der Waals surface area contributed by atoms with E-state index in [-0.39, 0.29) is 44.1 Å². The standard InChI is InChI=1S/C10H14N2O5/c1-7(13)11-5-4-8(14)6-17-12-9(15)2-3-10(12)16/h2-6H2,1H3,(H,11,13). The van der Waals surface area contributed by atoms with Crippen LogP contribution < -0.4 is 5.32 Å². The van der Waals surface area contributed by atoms with Crippen LogP contribution in [0, 0.1) is 0 Å². The number of Topliss-reactive ketones (excluding diaryl/α,β-unsaturated/α-hetero) is 1. The lowest BCUT2D eigenvalue weighted by atomic mass is 10.3. The second-order valence-corrected chi connectivity index (χ2v) is 3.63. The Bertz CT molecular complexity index is 337. The molecule has 1 saturated heterocycles. The molecule has 0 aromatic rings. The maximum atomic E-state index is 11.3. The number of carbonyl (C=O) groups excluding carboxylic acids is 4. The van der Waals surface area contributed by atoms with Crippen molar-refractivity contribution in [3.8, 4) is 0 Å². The topological polar surface area (TPSA) is 92.8 Å². The molecule has 1 fully saturated rings. The predicted octanol–water partition coefficient (Wildman–Crippen LogP) is -0.838. The minimum atomic E-state index is -0.426. The molecule has 1 N–H and O–H groups in total. The fourth-order valence-electron chi connectivity index (χ4n) is 1.29. The van der Waals surface area contributed by atoms with Gasteiger partial charge in [0.05, 0.1) is 0 Å². The molecule has 7 heteroatoms. The van der Waals surface area contributed by atoms with Gasteiger partial charge in [-0.15, -0.1) is 0 Å². The van der Waals surface area contributed by atoms with E-state index >= 15 is 0 Å². The summed E-state index contributed by atoms with van der Waals surface area (Å²) in [5.41, 5.74) is 0. The van der Waals surface area contributed by atoms with Crippen molar-refractivity contribution in [3.05, 3.63) is 0 Å². The summed E-state index contributed by atoms with van der Waals surface area (Å²) in [4.78, 5) is 48.8. The molecule has 1 heterocycles. The van der Waals surface area contributed by atoms with E-state index in [0.29, 0.717) is 5.06 Å². The molecule has 0 aromatic heterocycles. The van der Waals surface area contributed by atoms with Gasteiger partial charge in [0.1, 0.15) is 6.61 Å². The van der Waals surface area contributed by atoms with E-state index < -0.39 is 11.8 Å². The van der Waals surface area contributed by atoms with Gasteiger partial charge in [-0.05, 0) is 0 Å². The predicted molar refractivity (Wildman–Crippen MR) is 55.3 cm³/mol. The Labute approximate surface area is 98.0 Å². The maximum Gasteiger partial charge on any atom is 0.254 e. The number of nitrogens with zero attached hydrogens (tertiary/aromatic N) is 1. The zero-order chi connectivity index (χ0) is 12.8. The first-order valence-electron chi connectivity index (χ1n) is 5.25. The number of ketones is 1. The molecule has 7 nitrogen and oxygen atoms in total. The molecule has 0 bridgehead atoms. The van der Waals surface area contributed by atoms with E-state index in [9.17, 15) is 19.2 Å². The number of carbonyl (C=O) groups is 4. The summed E-state index contributed by atoms with van der Waals surface area (Å²) in [6.07, 6.45) is 0.355. The van der Waals surface area contributed by atoms with Crippen molar-refractivity contribution in [1.29, 1.82) is 0 Å². The molecule has 0 aliphatic carbocycles. The lowest BCUT2D eigenvalue weighted by Crippen LogP contribution is -2.32. The molecule has 0 aromatic carbocycles. The van der Waals surface area contributed by atoms with Gasteiger partial charge in [-0.1, -0.05) is 0 Å². The van der Waals surface area contributed by atoms with Crippen LogP contribution in [0.5, 0.6) is 0 Å². The summed E-state index contributed by atoms with van der Waals surface area (Å²) < 4.78 is 0. The third-order valence-corrected chi connectivity index (χ3v) is 2.14. The first kappa shape index (κ1) is 13.3. The van der Waals surface area contributed by atoms with E-state index in [4.69, 9.17) is 4.84 Å². The molecule has 0 unspecified atom stereocenters.